The van der Waals surface area contributed by atoms with Crippen molar-refractivity contribution in [2.45, 2.75) is 20.0 Å². The first kappa shape index (κ1) is 15.8. The Labute approximate surface area is 149 Å². The van der Waals surface area contributed by atoms with Crippen molar-refractivity contribution in [1.29, 1.82) is 5.26 Å². The lowest BCUT2D eigenvalue weighted by Gasteiger charge is -2.06. The topological polar surface area (TPSA) is 97.2 Å². The minimum Gasteiger partial charge on any atom is -0.321 e. The van der Waals surface area contributed by atoms with E-state index in [1.807, 2.05) is 36.0 Å². The van der Waals surface area contributed by atoms with E-state index in [0.29, 0.717) is 23.7 Å². The fourth-order valence-corrected chi connectivity index (χ4v) is 2.70. The molecule has 0 aliphatic carbocycles. The van der Waals surface area contributed by atoms with Crippen LogP contribution in [0.2, 0.25) is 0 Å². The molecule has 0 saturated carbocycles. The zero-order valence-electron chi connectivity index (χ0n) is 14.2. The highest BCUT2D eigenvalue weighted by atomic mass is 15.3. The first-order valence-electron chi connectivity index (χ1n) is 8.23. The van der Waals surface area contributed by atoms with Gasteiger partial charge in [-0.05, 0) is 18.6 Å². The fourth-order valence-electron chi connectivity index (χ4n) is 2.70. The van der Waals surface area contributed by atoms with Gasteiger partial charge in [-0.3, -0.25) is 4.68 Å². The van der Waals surface area contributed by atoms with Crippen molar-refractivity contribution >= 4 is 22.7 Å². The molecule has 0 aliphatic heterocycles. The second kappa shape index (κ2) is 6.64. The molecule has 128 valence electrons. The van der Waals surface area contributed by atoms with Gasteiger partial charge in [-0.15, -0.1) is 0 Å². The van der Waals surface area contributed by atoms with Crippen LogP contribution in [0, 0.1) is 11.3 Å². The average Bonchev–Trinajstić information content (AvgIpc) is 3.29. The van der Waals surface area contributed by atoms with Crippen LogP contribution < -0.4 is 5.32 Å². The summed E-state index contributed by atoms with van der Waals surface area (Å²) in [7, 11) is 0. The standard InChI is InChI=1S/C18H16N8/c1-2-25-12-16(10-21-25)23-18-20-8-15-9-22-26(17(15)24-18)11-14-6-4-3-5-13(14)7-19/h3-6,8-10,12H,2,11H2,1H3,(H,20,23,24). The van der Waals surface area contributed by atoms with E-state index in [-0.39, 0.29) is 0 Å². The summed E-state index contributed by atoms with van der Waals surface area (Å²) in [6, 6.07) is 9.70. The number of hydrogen-bond donors (Lipinski definition) is 1. The molecule has 0 radical (unpaired) electrons. The molecule has 0 saturated heterocycles. The predicted molar refractivity (Wildman–Crippen MR) is 96.8 cm³/mol. The molecule has 0 atom stereocenters. The van der Waals surface area contributed by atoms with Gasteiger partial charge in [0.05, 0.1) is 41.6 Å². The van der Waals surface area contributed by atoms with Crippen LogP contribution in [-0.2, 0) is 13.1 Å². The maximum atomic E-state index is 9.27. The monoisotopic (exact) mass is 344 g/mol. The van der Waals surface area contributed by atoms with E-state index in [2.05, 4.69) is 31.6 Å². The molecule has 8 nitrogen and oxygen atoms in total. The van der Waals surface area contributed by atoms with Gasteiger partial charge in [0.1, 0.15) is 0 Å². The molecule has 1 aromatic carbocycles. The minimum absolute atomic E-state index is 0.470. The van der Waals surface area contributed by atoms with Gasteiger partial charge in [0, 0.05) is 18.9 Å². The Morgan fingerprint density at radius 2 is 2.04 bits per heavy atom. The first-order valence-corrected chi connectivity index (χ1v) is 8.23. The third-order valence-corrected chi connectivity index (χ3v) is 4.05. The van der Waals surface area contributed by atoms with Crippen LogP contribution in [-0.4, -0.2) is 29.5 Å². The molecule has 0 fully saturated rings. The molecule has 4 rings (SSSR count). The van der Waals surface area contributed by atoms with E-state index in [1.165, 1.54) is 0 Å². The molecule has 0 spiro atoms. The molecule has 26 heavy (non-hydrogen) atoms. The van der Waals surface area contributed by atoms with Crippen molar-refractivity contribution in [2.75, 3.05) is 5.32 Å². The molecule has 0 aliphatic rings. The van der Waals surface area contributed by atoms with Crippen LogP contribution in [0.4, 0.5) is 11.6 Å². The molecule has 8 heteroatoms. The van der Waals surface area contributed by atoms with Gasteiger partial charge in [0.25, 0.3) is 0 Å². The lowest BCUT2D eigenvalue weighted by atomic mass is 10.1. The Balaban J connectivity index is 1.65. The summed E-state index contributed by atoms with van der Waals surface area (Å²) >= 11 is 0. The highest BCUT2D eigenvalue weighted by Crippen LogP contribution is 2.18. The molecule has 1 N–H and O–H groups in total. The van der Waals surface area contributed by atoms with Crippen molar-refractivity contribution in [3.63, 3.8) is 0 Å². The normalized spacial score (nSPS) is 10.8. The van der Waals surface area contributed by atoms with E-state index in [0.717, 1.165) is 23.2 Å². The average molecular weight is 344 g/mol. The maximum Gasteiger partial charge on any atom is 0.229 e. The number of nitrogens with one attached hydrogen (secondary N) is 1. The van der Waals surface area contributed by atoms with Crippen molar-refractivity contribution in [2.24, 2.45) is 0 Å². The summed E-state index contributed by atoms with van der Waals surface area (Å²) < 4.78 is 3.60. The summed E-state index contributed by atoms with van der Waals surface area (Å²) in [5.41, 5.74) is 3.07. The number of aryl methyl sites for hydroxylation is 1. The Hall–Kier alpha value is -3.73. The van der Waals surface area contributed by atoms with E-state index in [9.17, 15) is 5.26 Å². The van der Waals surface area contributed by atoms with Gasteiger partial charge < -0.3 is 5.32 Å². The van der Waals surface area contributed by atoms with Crippen molar-refractivity contribution in [3.05, 3.63) is 60.2 Å². The fraction of sp³-hybridized carbons (Fsp3) is 0.167. The molecule has 3 aromatic heterocycles. The maximum absolute atomic E-state index is 9.27. The quantitative estimate of drug-likeness (QED) is 0.598. The number of anilines is 2. The van der Waals surface area contributed by atoms with Gasteiger partial charge in [-0.2, -0.15) is 20.4 Å². The predicted octanol–water partition coefficient (Wildman–Crippen LogP) is 2.71. The van der Waals surface area contributed by atoms with E-state index < -0.39 is 0 Å². The smallest absolute Gasteiger partial charge is 0.229 e. The number of benzene rings is 1. The summed E-state index contributed by atoms with van der Waals surface area (Å²) in [6.07, 6.45) is 7.09. The Bertz CT molecular complexity index is 1100. The van der Waals surface area contributed by atoms with Gasteiger partial charge in [-0.25, -0.2) is 9.67 Å². The number of nitriles is 1. The molecule has 0 amide bonds. The summed E-state index contributed by atoms with van der Waals surface area (Å²) in [6.45, 7) is 3.29. The van der Waals surface area contributed by atoms with Gasteiger partial charge in [0.15, 0.2) is 5.65 Å². The van der Waals surface area contributed by atoms with E-state index in [1.54, 1.807) is 29.3 Å². The molecular formula is C18H16N8. The van der Waals surface area contributed by atoms with Crippen LogP contribution >= 0.6 is 0 Å². The highest BCUT2D eigenvalue weighted by Gasteiger charge is 2.10. The lowest BCUT2D eigenvalue weighted by Crippen LogP contribution is -2.05. The summed E-state index contributed by atoms with van der Waals surface area (Å²) in [4.78, 5) is 8.90. The number of aromatic nitrogens is 6. The van der Waals surface area contributed by atoms with Crippen LogP contribution in [0.25, 0.3) is 11.0 Å². The Morgan fingerprint density at radius 1 is 1.15 bits per heavy atom. The number of hydrogen-bond acceptors (Lipinski definition) is 6. The minimum atomic E-state index is 0.470. The highest BCUT2D eigenvalue weighted by molar-refractivity contribution is 5.75. The van der Waals surface area contributed by atoms with Crippen molar-refractivity contribution in [1.82, 2.24) is 29.5 Å². The lowest BCUT2D eigenvalue weighted by molar-refractivity contribution is 0.660. The Kier molecular flexibility index (Phi) is 4.03. The Morgan fingerprint density at radius 3 is 2.85 bits per heavy atom. The number of fused-ring (bicyclic) bond motifs is 1. The molecule has 4 aromatic rings. The van der Waals surface area contributed by atoms with Crippen LogP contribution in [0.15, 0.2) is 49.1 Å². The summed E-state index contributed by atoms with van der Waals surface area (Å²) in [5, 5.41) is 21.9. The van der Waals surface area contributed by atoms with Crippen LogP contribution in [0.5, 0.6) is 0 Å². The summed E-state index contributed by atoms with van der Waals surface area (Å²) in [5.74, 6) is 0.475. The zero-order chi connectivity index (χ0) is 17.9. The second-order valence-corrected chi connectivity index (χ2v) is 5.75. The van der Waals surface area contributed by atoms with Gasteiger partial charge >= 0.3 is 0 Å². The third kappa shape index (κ3) is 2.98. The molecular weight excluding hydrogens is 328 g/mol. The number of nitrogens with zero attached hydrogens (tertiary/aromatic N) is 7. The largest absolute Gasteiger partial charge is 0.321 e. The van der Waals surface area contributed by atoms with Gasteiger partial charge in [0.2, 0.25) is 5.95 Å². The SMILES string of the molecule is CCn1cc(Nc2ncc3cnn(Cc4ccccc4C#N)c3n2)cn1. The van der Waals surface area contributed by atoms with E-state index in [4.69, 9.17) is 0 Å². The number of rotatable bonds is 5. The van der Waals surface area contributed by atoms with Crippen molar-refractivity contribution in [3.8, 4) is 6.07 Å². The molecule has 3 heterocycles. The molecule has 0 unspecified atom stereocenters. The molecule has 0 bridgehead atoms. The van der Waals surface area contributed by atoms with Crippen LogP contribution in [0.3, 0.4) is 0 Å². The van der Waals surface area contributed by atoms with Gasteiger partial charge in [-0.1, -0.05) is 18.2 Å². The zero-order valence-corrected chi connectivity index (χ0v) is 14.2. The second-order valence-electron chi connectivity index (χ2n) is 5.75. The van der Waals surface area contributed by atoms with E-state index >= 15 is 0 Å². The first-order chi connectivity index (χ1) is 12.8. The van der Waals surface area contributed by atoms with Crippen LogP contribution in [0.1, 0.15) is 18.1 Å². The van der Waals surface area contributed by atoms with Crippen molar-refractivity contribution < 1.29 is 0 Å². The third-order valence-electron chi connectivity index (χ3n) is 4.05.